The molecule has 3 N–H and O–H groups in total. The van der Waals surface area contributed by atoms with E-state index in [1.807, 2.05) is 0 Å². The summed E-state index contributed by atoms with van der Waals surface area (Å²) in [4.78, 5) is 15.8. The summed E-state index contributed by atoms with van der Waals surface area (Å²) in [6.07, 6.45) is -9.19. The second kappa shape index (κ2) is 7.52. The van der Waals surface area contributed by atoms with Gasteiger partial charge < -0.3 is 15.5 Å². The fourth-order valence-electron chi connectivity index (χ4n) is 2.92. The molecule has 0 aromatic carbocycles. The number of nitrogens with one attached hydrogen (secondary N) is 1. The highest BCUT2D eigenvalue weighted by molar-refractivity contribution is 5.95. The summed E-state index contributed by atoms with van der Waals surface area (Å²) in [6, 6.07) is 0.466. The highest BCUT2D eigenvalue weighted by Crippen LogP contribution is 2.40. The molecule has 2 aromatic rings. The summed E-state index contributed by atoms with van der Waals surface area (Å²) in [5, 5.41) is 9.12. The van der Waals surface area contributed by atoms with E-state index in [1.165, 1.54) is 0 Å². The van der Waals surface area contributed by atoms with Gasteiger partial charge in [0.15, 0.2) is 5.69 Å². The largest absolute Gasteiger partial charge is 0.419 e. The third-order valence-electron chi connectivity index (χ3n) is 4.36. The van der Waals surface area contributed by atoms with E-state index < -0.39 is 58.6 Å². The monoisotopic (exact) mass is 423 g/mol. The molecule has 0 radical (unpaired) electrons. The maximum Gasteiger partial charge on any atom is 0.418 e. The summed E-state index contributed by atoms with van der Waals surface area (Å²) < 4.78 is 85.1. The molecule has 0 spiro atoms. The molecule has 1 aliphatic heterocycles. The van der Waals surface area contributed by atoms with E-state index >= 15 is 0 Å². The summed E-state index contributed by atoms with van der Waals surface area (Å²) >= 11 is 0. The number of nitrogens with two attached hydrogens (primary N) is 1. The van der Waals surface area contributed by atoms with Gasteiger partial charge in [0.1, 0.15) is 11.6 Å². The molecule has 13 heteroatoms. The van der Waals surface area contributed by atoms with Crippen molar-refractivity contribution >= 4 is 11.6 Å². The Bertz CT molecular complexity index is 908. The van der Waals surface area contributed by atoms with Gasteiger partial charge in [0.2, 0.25) is 5.89 Å². The summed E-state index contributed by atoms with van der Waals surface area (Å²) in [6.45, 7) is -0.0212. The van der Waals surface area contributed by atoms with Crippen LogP contribution in [0.25, 0.3) is 11.6 Å². The van der Waals surface area contributed by atoms with Gasteiger partial charge in [-0.1, -0.05) is 12.8 Å². The maximum absolute atomic E-state index is 13.4. The van der Waals surface area contributed by atoms with Crippen molar-refractivity contribution in [3.8, 4) is 11.6 Å². The van der Waals surface area contributed by atoms with Gasteiger partial charge in [-0.05, 0) is 18.9 Å². The summed E-state index contributed by atoms with van der Waals surface area (Å²) in [5.41, 5.74) is 2.16. The molecule has 0 saturated carbocycles. The molecule has 1 amide bonds. The molecular formula is C16H15F6N5O2. The maximum atomic E-state index is 13.4. The molecule has 1 aliphatic rings. The number of amides is 1. The lowest BCUT2D eigenvalue weighted by Crippen LogP contribution is -2.29. The zero-order chi connectivity index (χ0) is 21.4. The Kier molecular flexibility index (Phi) is 5.41. The van der Waals surface area contributed by atoms with Crippen molar-refractivity contribution in [1.82, 2.24) is 20.5 Å². The Labute approximate surface area is 159 Å². The lowest BCUT2D eigenvalue weighted by molar-refractivity contribution is -0.156. The van der Waals surface area contributed by atoms with Crippen LogP contribution in [-0.4, -0.2) is 33.8 Å². The molecule has 0 fully saturated rings. The van der Waals surface area contributed by atoms with Gasteiger partial charge in [0.25, 0.3) is 11.8 Å². The number of anilines is 1. The highest BCUT2D eigenvalue weighted by Gasteiger charge is 2.44. The molecule has 3 heterocycles. The van der Waals surface area contributed by atoms with Gasteiger partial charge in [0, 0.05) is 6.54 Å². The van der Waals surface area contributed by atoms with Crippen LogP contribution in [0.15, 0.2) is 10.5 Å². The number of halogens is 6. The molecule has 7 nitrogen and oxygen atoms in total. The number of aromatic nitrogens is 3. The Morgan fingerprint density at radius 3 is 2.45 bits per heavy atom. The highest BCUT2D eigenvalue weighted by atomic mass is 19.4. The van der Waals surface area contributed by atoms with Crippen LogP contribution in [0.4, 0.5) is 32.0 Å². The van der Waals surface area contributed by atoms with Gasteiger partial charge in [-0.15, -0.1) is 10.2 Å². The van der Waals surface area contributed by atoms with Gasteiger partial charge in [-0.2, -0.15) is 26.3 Å². The van der Waals surface area contributed by atoms with E-state index in [0.29, 0.717) is 12.5 Å². The van der Waals surface area contributed by atoms with Crippen LogP contribution < -0.4 is 11.1 Å². The van der Waals surface area contributed by atoms with Crippen LogP contribution in [0.1, 0.15) is 53.5 Å². The van der Waals surface area contributed by atoms with Gasteiger partial charge in [-0.3, -0.25) is 4.79 Å². The molecule has 3 rings (SSSR count). The van der Waals surface area contributed by atoms with Gasteiger partial charge in [-0.25, -0.2) is 4.98 Å². The molecule has 4 bridgehead atoms. The zero-order valence-corrected chi connectivity index (χ0v) is 14.7. The molecular weight excluding hydrogens is 408 g/mol. The SMILES string of the molecule is Nc1cc(C(F)(F)F)c2nc1-c1nnc(o1)C(C(F)(F)F)CCCCCNC2=O. The second-order valence-corrected chi connectivity index (χ2v) is 6.47. The van der Waals surface area contributed by atoms with Crippen LogP contribution >= 0.6 is 0 Å². The molecule has 158 valence electrons. The Hall–Kier alpha value is -2.86. The van der Waals surface area contributed by atoms with E-state index in [4.69, 9.17) is 10.2 Å². The lowest BCUT2D eigenvalue weighted by Gasteiger charge is -2.17. The van der Waals surface area contributed by atoms with Crippen molar-refractivity contribution in [3.05, 3.63) is 23.2 Å². The predicted octanol–water partition coefficient (Wildman–Crippen LogP) is 3.68. The van der Waals surface area contributed by atoms with Crippen LogP contribution in [-0.2, 0) is 6.18 Å². The van der Waals surface area contributed by atoms with E-state index in [-0.39, 0.29) is 25.8 Å². The Morgan fingerprint density at radius 1 is 1.07 bits per heavy atom. The molecule has 0 saturated heterocycles. The third kappa shape index (κ3) is 4.43. The van der Waals surface area contributed by atoms with Crippen molar-refractivity contribution in [2.45, 2.75) is 44.0 Å². The van der Waals surface area contributed by atoms with E-state index in [2.05, 4.69) is 20.5 Å². The van der Waals surface area contributed by atoms with E-state index in [0.717, 1.165) is 0 Å². The molecule has 2 aromatic heterocycles. The fourth-order valence-corrected chi connectivity index (χ4v) is 2.92. The minimum atomic E-state index is -4.93. The number of hydrogen-bond donors (Lipinski definition) is 2. The number of nitrogens with zero attached hydrogens (tertiary/aromatic N) is 3. The van der Waals surface area contributed by atoms with Crippen molar-refractivity contribution in [2.75, 3.05) is 12.3 Å². The van der Waals surface area contributed by atoms with Crippen molar-refractivity contribution in [1.29, 1.82) is 0 Å². The topological polar surface area (TPSA) is 107 Å². The fraction of sp³-hybridized carbons (Fsp3) is 0.500. The average Bonchev–Trinajstić information content (AvgIpc) is 3.07. The second-order valence-electron chi connectivity index (χ2n) is 6.47. The van der Waals surface area contributed by atoms with Crippen molar-refractivity contribution in [3.63, 3.8) is 0 Å². The summed E-state index contributed by atoms with van der Waals surface area (Å²) in [7, 11) is 0. The van der Waals surface area contributed by atoms with Crippen molar-refractivity contribution in [2.24, 2.45) is 0 Å². The predicted molar refractivity (Wildman–Crippen MR) is 86.5 cm³/mol. The number of pyridine rings is 1. The standard InChI is InChI=1S/C16H15F6N5O2/c17-15(18,19)7-4-2-1-3-5-24-12(28)10-8(16(20,21)22)6-9(23)11(25-10)14-27-26-13(7)29-14/h6-7H,1-5,23H2,(H,24,28). The first-order valence-corrected chi connectivity index (χ1v) is 8.55. The quantitative estimate of drug-likeness (QED) is 0.626. The smallest absolute Gasteiger partial charge is 0.418 e. The van der Waals surface area contributed by atoms with Gasteiger partial charge in [0.05, 0.1) is 11.3 Å². The molecule has 0 aliphatic carbocycles. The third-order valence-corrected chi connectivity index (χ3v) is 4.36. The molecule has 1 atom stereocenters. The van der Waals surface area contributed by atoms with Crippen LogP contribution in [0.2, 0.25) is 0 Å². The first kappa shape index (κ1) is 20.9. The average molecular weight is 423 g/mol. The lowest BCUT2D eigenvalue weighted by atomic mass is 10.0. The number of carbonyl (C=O) groups is 1. The number of carbonyl (C=O) groups excluding carboxylic acids is 1. The molecule has 29 heavy (non-hydrogen) atoms. The van der Waals surface area contributed by atoms with Gasteiger partial charge >= 0.3 is 12.4 Å². The van der Waals surface area contributed by atoms with E-state index in [1.54, 1.807) is 0 Å². The normalized spacial score (nSPS) is 18.8. The van der Waals surface area contributed by atoms with Crippen LogP contribution in [0.3, 0.4) is 0 Å². The Morgan fingerprint density at radius 2 is 1.79 bits per heavy atom. The minimum Gasteiger partial charge on any atom is -0.419 e. The number of nitrogen functional groups attached to an aromatic ring is 1. The van der Waals surface area contributed by atoms with Crippen molar-refractivity contribution < 1.29 is 35.6 Å². The van der Waals surface area contributed by atoms with Crippen LogP contribution in [0, 0.1) is 0 Å². The van der Waals surface area contributed by atoms with E-state index in [9.17, 15) is 31.1 Å². The number of alkyl halides is 6. The minimum absolute atomic E-state index is 0.0212. The first-order valence-electron chi connectivity index (χ1n) is 8.55. The number of rotatable bonds is 0. The van der Waals surface area contributed by atoms with Crippen LogP contribution in [0.5, 0.6) is 0 Å². The summed E-state index contributed by atoms with van der Waals surface area (Å²) in [5.74, 6) is -4.47. The molecule has 1 unspecified atom stereocenters. The zero-order valence-electron chi connectivity index (χ0n) is 14.7. The number of hydrogen-bond acceptors (Lipinski definition) is 6. The Balaban J connectivity index is 2.15. The number of fused-ring (bicyclic) bond motifs is 5. The first-order chi connectivity index (χ1) is 13.5.